The number of nitrogens with zero attached hydrogens (tertiary/aromatic N) is 4. The van der Waals surface area contributed by atoms with Gasteiger partial charge in [-0.05, 0) is 48.4 Å². The van der Waals surface area contributed by atoms with Gasteiger partial charge >= 0.3 is 0 Å². The normalized spacial score (nSPS) is 12.0. The first-order valence-electron chi connectivity index (χ1n) is 11.7. The molecule has 38 heavy (non-hydrogen) atoms. The van der Waals surface area contributed by atoms with Crippen LogP contribution in [0.1, 0.15) is 5.56 Å². The SMILES string of the molecule is CS(=O)(=O)CCc1cc(F)cc(-c2nccc3[nH]c(-c4n[nH]c5cc(F)c(-c6cccnc6)cc45)nc23)c1. The van der Waals surface area contributed by atoms with E-state index in [1.807, 2.05) is 0 Å². The Bertz CT molecular complexity index is 1930. The van der Waals surface area contributed by atoms with Gasteiger partial charge in [-0.15, -0.1) is 0 Å². The summed E-state index contributed by atoms with van der Waals surface area (Å²) in [7, 11) is -3.20. The average Bonchev–Trinajstić information content (AvgIpc) is 3.50. The van der Waals surface area contributed by atoms with Crippen LogP contribution in [0.2, 0.25) is 0 Å². The first-order chi connectivity index (χ1) is 18.2. The molecule has 8 nitrogen and oxygen atoms in total. The third-order valence-electron chi connectivity index (χ3n) is 6.24. The van der Waals surface area contributed by atoms with Crippen molar-refractivity contribution < 1.29 is 17.2 Å². The number of aromatic nitrogens is 6. The molecule has 190 valence electrons. The minimum absolute atomic E-state index is 0.0894. The second kappa shape index (κ2) is 9.10. The number of imidazole rings is 1. The minimum atomic E-state index is -3.20. The zero-order valence-corrected chi connectivity index (χ0v) is 20.9. The monoisotopic (exact) mass is 530 g/mol. The van der Waals surface area contributed by atoms with E-state index in [0.717, 1.165) is 6.26 Å². The Kier molecular flexibility index (Phi) is 5.72. The molecule has 0 aliphatic carbocycles. The molecule has 0 fully saturated rings. The highest BCUT2D eigenvalue weighted by Gasteiger charge is 2.19. The molecule has 0 radical (unpaired) electrons. The number of nitrogens with one attached hydrogen (secondary N) is 2. The summed E-state index contributed by atoms with van der Waals surface area (Å²) in [5.41, 5.74) is 4.61. The van der Waals surface area contributed by atoms with Crippen LogP contribution in [0, 0.1) is 11.6 Å². The van der Waals surface area contributed by atoms with Gasteiger partial charge in [-0.25, -0.2) is 22.2 Å². The molecule has 0 amide bonds. The summed E-state index contributed by atoms with van der Waals surface area (Å²) in [5, 5.41) is 7.89. The molecular formula is C27H20F2N6O2S. The van der Waals surface area contributed by atoms with Crippen LogP contribution in [0.25, 0.3) is 55.8 Å². The van der Waals surface area contributed by atoms with Crippen LogP contribution in [-0.2, 0) is 16.3 Å². The number of halogens is 2. The number of aromatic amines is 2. The fraction of sp³-hybridized carbons (Fsp3) is 0.111. The molecule has 0 saturated heterocycles. The van der Waals surface area contributed by atoms with E-state index in [9.17, 15) is 17.2 Å². The molecule has 2 aromatic carbocycles. The number of pyridine rings is 2. The maximum Gasteiger partial charge on any atom is 0.159 e. The number of benzene rings is 2. The molecule has 0 saturated carbocycles. The van der Waals surface area contributed by atoms with Crippen molar-refractivity contribution in [3.8, 4) is 33.9 Å². The molecule has 0 aliphatic rings. The Labute approximate surface area is 215 Å². The van der Waals surface area contributed by atoms with E-state index in [2.05, 4.69) is 25.1 Å². The largest absolute Gasteiger partial charge is 0.336 e. The van der Waals surface area contributed by atoms with Gasteiger partial charge in [0.15, 0.2) is 5.82 Å². The summed E-state index contributed by atoms with van der Waals surface area (Å²) in [4.78, 5) is 16.5. The Balaban J connectivity index is 1.45. The molecule has 0 unspecified atom stereocenters. The predicted octanol–water partition coefficient (Wildman–Crippen LogP) is 5.10. The first-order valence-corrected chi connectivity index (χ1v) is 13.7. The lowest BCUT2D eigenvalue weighted by Gasteiger charge is -2.06. The highest BCUT2D eigenvalue weighted by Crippen LogP contribution is 2.34. The van der Waals surface area contributed by atoms with Crippen molar-refractivity contribution in [3.63, 3.8) is 0 Å². The quantitative estimate of drug-likeness (QED) is 0.310. The second-order valence-corrected chi connectivity index (χ2v) is 11.3. The van der Waals surface area contributed by atoms with Crippen LogP contribution in [0.15, 0.2) is 67.1 Å². The lowest BCUT2D eigenvalue weighted by molar-refractivity contribution is 0.600. The van der Waals surface area contributed by atoms with Gasteiger partial charge in [0.1, 0.15) is 32.7 Å². The van der Waals surface area contributed by atoms with Gasteiger partial charge in [-0.3, -0.25) is 15.1 Å². The Morgan fingerprint density at radius 1 is 0.947 bits per heavy atom. The van der Waals surface area contributed by atoms with Gasteiger partial charge < -0.3 is 4.98 Å². The Morgan fingerprint density at radius 2 is 1.82 bits per heavy atom. The number of H-pyrrole nitrogens is 2. The van der Waals surface area contributed by atoms with Gasteiger partial charge in [-0.2, -0.15) is 5.10 Å². The molecule has 2 N–H and O–H groups in total. The van der Waals surface area contributed by atoms with Gasteiger partial charge in [0, 0.05) is 53.0 Å². The smallest absolute Gasteiger partial charge is 0.159 e. The van der Waals surface area contributed by atoms with E-state index in [1.165, 1.54) is 18.2 Å². The van der Waals surface area contributed by atoms with Crippen LogP contribution in [0.5, 0.6) is 0 Å². The van der Waals surface area contributed by atoms with Crippen LogP contribution in [-0.4, -0.2) is 50.6 Å². The molecule has 11 heteroatoms. The summed E-state index contributed by atoms with van der Waals surface area (Å²) < 4.78 is 52.5. The number of hydrogen-bond donors (Lipinski definition) is 2. The zero-order valence-electron chi connectivity index (χ0n) is 20.0. The maximum atomic E-state index is 14.8. The fourth-order valence-corrected chi connectivity index (χ4v) is 5.06. The van der Waals surface area contributed by atoms with Gasteiger partial charge in [-0.1, -0.05) is 6.07 Å². The number of aryl methyl sites for hydroxylation is 1. The van der Waals surface area contributed by atoms with Crippen molar-refractivity contribution in [2.75, 3.05) is 12.0 Å². The Hall–Kier alpha value is -4.51. The highest BCUT2D eigenvalue weighted by atomic mass is 32.2. The standard InChI is InChI=1S/C27H20F2N6O2S/c1-38(36,37)8-5-15-9-17(11-18(28)10-15)24-26-22(4-7-31-24)32-27(33-26)25-20-12-19(16-3-2-6-30-14-16)21(29)13-23(20)34-35-25/h2-4,6-7,9-14H,5,8H2,1H3,(H,32,33)(H,34,35). The molecule has 0 aliphatic heterocycles. The van der Waals surface area contributed by atoms with E-state index in [0.29, 0.717) is 61.4 Å². The van der Waals surface area contributed by atoms with Gasteiger partial charge in [0.05, 0.1) is 22.5 Å². The number of hydrogen-bond acceptors (Lipinski definition) is 6. The molecule has 0 bridgehead atoms. The summed E-state index contributed by atoms with van der Waals surface area (Å²) in [6, 6.07) is 12.7. The predicted molar refractivity (Wildman–Crippen MR) is 141 cm³/mol. The van der Waals surface area contributed by atoms with E-state index in [1.54, 1.807) is 48.9 Å². The van der Waals surface area contributed by atoms with Crippen molar-refractivity contribution in [2.24, 2.45) is 0 Å². The molecule has 0 spiro atoms. The van der Waals surface area contributed by atoms with Crippen LogP contribution in [0.4, 0.5) is 8.78 Å². The summed E-state index contributed by atoms with van der Waals surface area (Å²) in [6.45, 7) is 0. The third-order valence-corrected chi connectivity index (χ3v) is 7.19. The minimum Gasteiger partial charge on any atom is -0.336 e. The first kappa shape index (κ1) is 23.9. The van der Waals surface area contributed by atoms with E-state index in [4.69, 9.17) is 4.98 Å². The van der Waals surface area contributed by atoms with E-state index < -0.39 is 21.5 Å². The molecule has 0 atom stereocenters. The number of rotatable bonds is 6. The average molecular weight is 531 g/mol. The third kappa shape index (κ3) is 4.52. The van der Waals surface area contributed by atoms with Crippen molar-refractivity contribution in [2.45, 2.75) is 6.42 Å². The number of fused-ring (bicyclic) bond motifs is 2. The summed E-state index contributed by atoms with van der Waals surface area (Å²) >= 11 is 0. The Morgan fingerprint density at radius 3 is 2.61 bits per heavy atom. The fourth-order valence-electron chi connectivity index (χ4n) is 4.46. The lowest BCUT2D eigenvalue weighted by Crippen LogP contribution is -2.06. The van der Waals surface area contributed by atoms with Gasteiger partial charge in [0.2, 0.25) is 0 Å². The maximum absolute atomic E-state index is 14.8. The lowest BCUT2D eigenvalue weighted by atomic mass is 10.0. The van der Waals surface area contributed by atoms with E-state index in [-0.39, 0.29) is 12.2 Å². The van der Waals surface area contributed by atoms with Crippen LogP contribution < -0.4 is 0 Å². The topological polar surface area (TPSA) is 117 Å². The summed E-state index contributed by atoms with van der Waals surface area (Å²) in [5.74, 6) is -0.565. The van der Waals surface area contributed by atoms with Crippen molar-refractivity contribution in [1.82, 2.24) is 30.1 Å². The molecular weight excluding hydrogens is 510 g/mol. The van der Waals surface area contributed by atoms with Crippen molar-refractivity contribution in [3.05, 3.63) is 84.3 Å². The molecule has 4 heterocycles. The number of sulfone groups is 1. The summed E-state index contributed by atoms with van der Waals surface area (Å²) in [6.07, 6.45) is 6.12. The second-order valence-electron chi connectivity index (χ2n) is 9.06. The van der Waals surface area contributed by atoms with E-state index >= 15 is 0 Å². The zero-order chi connectivity index (χ0) is 26.4. The molecule has 6 aromatic rings. The van der Waals surface area contributed by atoms with Crippen LogP contribution >= 0.6 is 0 Å². The molecule has 4 aromatic heterocycles. The van der Waals surface area contributed by atoms with Gasteiger partial charge in [0.25, 0.3) is 0 Å². The van der Waals surface area contributed by atoms with Crippen molar-refractivity contribution >= 4 is 31.8 Å². The van der Waals surface area contributed by atoms with Crippen LogP contribution in [0.3, 0.4) is 0 Å². The molecule has 6 rings (SSSR count). The highest BCUT2D eigenvalue weighted by molar-refractivity contribution is 7.90. The van der Waals surface area contributed by atoms with Crippen molar-refractivity contribution in [1.29, 1.82) is 0 Å².